The zero-order chi connectivity index (χ0) is 14.5. The molecule has 2 rings (SSSR count). The van der Waals surface area contributed by atoms with Crippen molar-refractivity contribution in [3.8, 4) is 5.75 Å². The minimum Gasteiger partial charge on any atom is -0.493 e. The molecule has 0 aliphatic heterocycles. The Labute approximate surface area is 115 Å². The summed E-state index contributed by atoms with van der Waals surface area (Å²) in [4.78, 5) is 22.4. The number of carboxylic acid groups (broad SMARTS) is 1. The number of halogens is 1. The molecule has 1 aromatic rings. The number of alkyl halides is 1. The van der Waals surface area contributed by atoms with Crippen LogP contribution in [0.25, 0.3) is 0 Å². The summed E-state index contributed by atoms with van der Waals surface area (Å²) >= 11 is 0. The van der Waals surface area contributed by atoms with Crippen molar-refractivity contribution in [1.29, 1.82) is 0 Å². The third-order valence-corrected chi connectivity index (χ3v) is 3.06. The maximum Gasteiger partial charge on any atom is 0.328 e. The standard InChI is InChI=1S/C14H16FNO4/c15-7-12(14(18)19)16-13(17)10-3-5-11(6-4-10)20-8-9-1-2-9/h3-6,9,12H,1-2,7-8H2,(H,16,17)(H,18,19). The Morgan fingerprint density at radius 1 is 1.35 bits per heavy atom. The van der Waals surface area contributed by atoms with Crippen LogP contribution < -0.4 is 10.1 Å². The first-order chi connectivity index (χ1) is 9.60. The van der Waals surface area contributed by atoms with Crippen molar-refractivity contribution < 1.29 is 23.8 Å². The molecule has 1 amide bonds. The van der Waals surface area contributed by atoms with Gasteiger partial charge in [0, 0.05) is 5.56 Å². The third-order valence-electron chi connectivity index (χ3n) is 3.06. The zero-order valence-electron chi connectivity index (χ0n) is 10.8. The Balaban J connectivity index is 1.90. The summed E-state index contributed by atoms with van der Waals surface area (Å²) in [6.45, 7) is -0.474. The van der Waals surface area contributed by atoms with E-state index in [-0.39, 0.29) is 5.56 Å². The maximum atomic E-state index is 12.4. The molecule has 0 spiro atoms. The number of nitrogens with one attached hydrogen (secondary N) is 1. The fraction of sp³-hybridized carbons (Fsp3) is 0.429. The van der Waals surface area contributed by atoms with Gasteiger partial charge in [-0.05, 0) is 43.0 Å². The van der Waals surface area contributed by atoms with Gasteiger partial charge in [-0.2, -0.15) is 0 Å². The number of carbonyl (C=O) groups excluding carboxylic acids is 1. The van der Waals surface area contributed by atoms with E-state index in [2.05, 4.69) is 5.32 Å². The molecule has 6 heteroatoms. The number of aliphatic carboxylic acids is 1. The van der Waals surface area contributed by atoms with Crippen molar-refractivity contribution >= 4 is 11.9 Å². The minimum atomic E-state index is -1.52. The molecule has 1 fully saturated rings. The monoisotopic (exact) mass is 281 g/mol. The number of hydrogen-bond donors (Lipinski definition) is 2. The first-order valence-corrected chi connectivity index (χ1v) is 6.42. The highest BCUT2D eigenvalue weighted by Crippen LogP contribution is 2.29. The van der Waals surface area contributed by atoms with E-state index in [0.717, 1.165) is 0 Å². The molecule has 108 valence electrons. The van der Waals surface area contributed by atoms with Gasteiger partial charge in [-0.15, -0.1) is 0 Å². The van der Waals surface area contributed by atoms with E-state index >= 15 is 0 Å². The summed E-state index contributed by atoms with van der Waals surface area (Å²) in [5.41, 5.74) is 0.267. The van der Waals surface area contributed by atoms with Gasteiger partial charge in [-0.25, -0.2) is 9.18 Å². The van der Waals surface area contributed by atoms with Gasteiger partial charge >= 0.3 is 5.97 Å². The second-order valence-corrected chi connectivity index (χ2v) is 4.80. The highest BCUT2D eigenvalue weighted by molar-refractivity contribution is 5.96. The summed E-state index contributed by atoms with van der Waals surface area (Å²) in [7, 11) is 0. The van der Waals surface area contributed by atoms with Crippen LogP contribution in [0.4, 0.5) is 4.39 Å². The van der Waals surface area contributed by atoms with Crippen LogP contribution in [0.3, 0.4) is 0 Å². The molecule has 1 aliphatic carbocycles. The van der Waals surface area contributed by atoms with Crippen LogP contribution in [0.15, 0.2) is 24.3 Å². The summed E-state index contributed by atoms with van der Waals surface area (Å²) in [6, 6.07) is 4.81. The molecule has 20 heavy (non-hydrogen) atoms. The van der Waals surface area contributed by atoms with Crippen LogP contribution in [0, 0.1) is 5.92 Å². The Hall–Kier alpha value is -2.11. The van der Waals surface area contributed by atoms with Crippen LogP contribution in [0.5, 0.6) is 5.75 Å². The minimum absolute atomic E-state index is 0.267. The molecule has 0 bridgehead atoms. The van der Waals surface area contributed by atoms with E-state index in [4.69, 9.17) is 9.84 Å². The molecule has 0 radical (unpaired) electrons. The average Bonchev–Trinajstić information content (AvgIpc) is 3.26. The van der Waals surface area contributed by atoms with Gasteiger partial charge in [0.25, 0.3) is 5.91 Å². The predicted molar refractivity (Wildman–Crippen MR) is 69.5 cm³/mol. The Morgan fingerprint density at radius 2 is 2.00 bits per heavy atom. The second-order valence-electron chi connectivity index (χ2n) is 4.80. The quantitative estimate of drug-likeness (QED) is 0.796. The second kappa shape index (κ2) is 6.36. The lowest BCUT2D eigenvalue weighted by Crippen LogP contribution is -2.42. The number of hydrogen-bond acceptors (Lipinski definition) is 3. The van der Waals surface area contributed by atoms with Crippen molar-refractivity contribution in [3.63, 3.8) is 0 Å². The molecule has 1 aliphatic rings. The molecule has 1 aromatic carbocycles. The maximum absolute atomic E-state index is 12.4. The van der Waals surface area contributed by atoms with Gasteiger partial charge in [0.2, 0.25) is 0 Å². The molecule has 1 saturated carbocycles. The largest absolute Gasteiger partial charge is 0.493 e. The van der Waals surface area contributed by atoms with Crippen molar-refractivity contribution in [2.24, 2.45) is 5.92 Å². The normalized spacial score (nSPS) is 15.4. The van der Waals surface area contributed by atoms with Crippen molar-refractivity contribution in [2.45, 2.75) is 18.9 Å². The van der Waals surface area contributed by atoms with Crippen LogP contribution in [-0.2, 0) is 4.79 Å². The van der Waals surface area contributed by atoms with Crippen LogP contribution in [-0.4, -0.2) is 36.3 Å². The lowest BCUT2D eigenvalue weighted by molar-refractivity contribution is -0.139. The fourth-order valence-electron chi connectivity index (χ4n) is 1.61. The lowest BCUT2D eigenvalue weighted by atomic mass is 10.2. The summed E-state index contributed by atoms with van der Waals surface area (Å²) in [5.74, 6) is -0.721. The van der Waals surface area contributed by atoms with Crippen molar-refractivity contribution in [3.05, 3.63) is 29.8 Å². The van der Waals surface area contributed by atoms with E-state index in [1.807, 2.05) is 0 Å². The molecule has 1 unspecified atom stereocenters. The highest BCUT2D eigenvalue weighted by Gasteiger charge is 2.22. The predicted octanol–water partition coefficient (Wildman–Crippen LogP) is 1.63. The molecular formula is C14H16FNO4. The average molecular weight is 281 g/mol. The van der Waals surface area contributed by atoms with Crippen LogP contribution in [0.2, 0.25) is 0 Å². The Morgan fingerprint density at radius 3 is 2.50 bits per heavy atom. The van der Waals surface area contributed by atoms with E-state index < -0.39 is 24.6 Å². The molecule has 0 saturated heterocycles. The number of carboxylic acids is 1. The molecule has 0 aromatic heterocycles. The molecule has 5 nitrogen and oxygen atoms in total. The van der Waals surface area contributed by atoms with Gasteiger partial charge in [0.05, 0.1) is 6.61 Å². The smallest absolute Gasteiger partial charge is 0.328 e. The van der Waals surface area contributed by atoms with Crippen molar-refractivity contribution in [1.82, 2.24) is 5.32 Å². The molecule has 1 atom stereocenters. The van der Waals surface area contributed by atoms with E-state index in [1.54, 1.807) is 12.1 Å². The zero-order valence-corrected chi connectivity index (χ0v) is 10.8. The Kier molecular flexibility index (Phi) is 4.55. The highest BCUT2D eigenvalue weighted by atomic mass is 19.1. The molecular weight excluding hydrogens is 265 g/mol. The summed E-state index contributed by atoms with van der Waals surface area (Å²) < 4.78 is 17.9. The summed E-state index contributed by atoms with van der Waals surface area (Å²) in [5, 5.41) is 10.8. The number of benzene rings is 1. The van der Waals surface area contributed by atoms with Gasteiger partial charge in [0.15, 0.2) is 6.04 Å². The Bertz CT molecular complexity index is 484. The van der Waals surface area contributed by atoms with Crippen molar-refractivity contribution in [2.75, 3.05) is 13.3 Å². The number of ether oxygens (including phenoxy) is 1. The first-order valence-electron chi connectivity index (χ1n) is 6.42. The summed E-state index contributed by atoms with van der Waals surface area (Å²) in [6.07, 6.45) is 2.39. The molecule has 2 N–H and O–H groups in total. The number of amides is 1. The number of carbonyl (C=O) groups is 2. The van der Waals surface area contributed by atoms with Gasteiger partial charge < -0.3 is 15.2 Å². The first kappa shape index (κ1) is 14.3. The van der Waals surface area contributed by atoms with E-state index in [0.29, 0.717) is 18.3 Å². The van der Waals surface area contributed by atoms with E-state index in [9.17, 15) is 14.0 Å². The van der Waals surface area contributed by atoms with Gasteiger partial charge in [-0.1, -0.05) is 0 Å². The fourth-order valence-corrected chi connectivity index (χ4v) is 1.61. The lowest BCUT2D eigenvalue weighted by Gasteiger charge is -2.11. The topological polar surface area (TPSA) is 75.6 Å². The number of rotatable bonds is 7. The van der Waals surface area contributed by atoms with E-state index in [1.165, 1.54) is 25.0 Å². The third kappa shape index (κ3) is 3.94. The van der Waals surface area contributed by atoms with Crippen LogP contribution in [0.1, 0.15) is 23.2 Å². The van der Waals surface area contributed by atoms with Crippen LogP contribution >= 0.6 is 0 Å². The SMILES string of the molecule is O=C(NC(CF)C(=O)O)c1ccc(OCC2CC2)cc1. The van der Waals surface area contributed by atoms with Gasteiger partial charge in [0.1, 0.15) is 12.4 Å². The van der Waals surface area contributed by atoms with Gasteiger partial charge in [-0.3, -0.25) is 4.79 Å². The molecule has 0 heterocycles.